The van der Waals surface area contributed by atoms with Crippen molar-refractivity contribution in [1.29, 1.82) is 0 Å². The first-order valence-corrected chi connectivity index (χ1v) is 10.7. The first kappa shape index (κ1) is 20.6. The van der Waals surface area contributed by atoms with E-state index in [0.717, 1.165) is 12.1 Å². The van der Waals surface area contributed by atoms with Crippen molar-refractivity contribution < 1.29 is 8.42 Å². The summed E-state index contributed by atoms with van der Waals surface area (Å²) in [7, 11) is 0.205. The summed E-state index contributed by atoms with van der Waals surface area (Å²) in [5, 5.41) is 0.840. The second-order valence-corrected chi connectivity index (χ2v) is 9.08. The van der Waals surface area contributed by atoms with Crippen LogP contribution in [0.1, 0.15) is 5.56 Å². The number of pyridine rings is 1. The highest BCUT2D eigenvalue weighted by molar-refractivity contribution is 7.92. The zero-order chi connectivity index (χ0) is 20.3. The number of sulfonamides is 1. The van der Waals surface area contributed by atoms with Crippen molar-refractivity contribution in [3.8, 4) is 11.3 Å². The molecule has 0 saturated heterocycles. The molecule has 0 radical (unpaired) electrons. The number of rotatable bonds is 6. The highest BCUT2D eigenvalue weighted by Crippen LogP contribution is 2.29. The number of hydrogen-bond donors (Lipinski definition) is 1. The number of halogens is 2. The molecule has 28 heavy (non-hydrogen) atoms. The molecule has 146 valence electrons. The molecule has 1 heterocycles. The van der Waals surface area contributed by atoms with Gasteiger partial charge in [-0.25, -0.2) is 8.42 Å². The van der Waals surface area contributed by atoms with Crippen LogP contribution in [0.4, 0.5) is 5.69 Å². The summed E-state index contributed by atoms with van der Waals surface area (Å²) < 4.78 is 28.0. The van der Waals surface area contributed by atoms with E-state index < -0.39 is 10.0 Å². The van der Waals surface area contributed by atoms with Gasteiger partial charge in [0.05, 0.1) is 20.6 Å². The molecule has 3 rings (SSSR count). The third kappa shape index (κ3) is 5.02. The van der Waals surface area contributed by atoms with E-state index in [1.54, 1.807) is 24.3 Å². The van der Waals surface area contributed by atoms with Gasteiger partial charge in [0, 0.05) is 24.0 Å². The van der Waals surface area contributed by atoms with Gasteiger partial charge in [-0.3, -0.25) is 9.71 Å². The number of nitrogens with one attached hydrogen (secondary N) is 1. The maximum atomic E-state index is 12.7. The molecule has 0 fully saturated rings. The molecule has 3 aromatic rings. The number of hydrogen-bond acceptors (Lipinski definition) is 4. The summed E-state index contributed by atoms with van der Waals surface area (Å²) in [4.78, 5) is 6.38. The van der Waals surface area contributed by atoms with Gasteiger partial charge in [0.2, 0.25) is 0 Å². The Morgan fingerprint density at radius 3 is 2.39 bits per heavy atom. The second-order valence-electron chi connectivity index (χ2n) is 6.55. The molecular weight excluding hydrogens is 417 g/mol. The van der Waals surface area contributed by atoms with Crippen molar-refractivity contribution in [3.05, 3.63) is 76.4 Å². The minimum absolute atomic E-state index is 0.152. The molecule has 0 amide bonds. The van der Waals surface area contributed by atoms with E-state index in [2.05, 4.69) is 9.71 Å². The predicted octanol–water partition coefficient (Wildman–Crippen LogP) is 4.92. The summed E-state index contributed by atoms with van der Waals surface area (Å²) in [6.07, 6.45) is 1.50. The van der Waals surface area contributed by atoms with Gasteiger partial charge in [-0.1, -0.05) is 47.5 Å². The topological polar surface area (TPSA) is 62.3 Å². The van der Waals surface area contributed by atoms with E-state index >= 15 is 0 Å². The van der Waals surface area contributed by atoms with Crippen LogP contribution < -0.4 is 4.72 Å². The van der Waals surface area contributed by atoms with Crippen LogP contribution in [0.25, 0.3) is 11.3 Å². The van der Waals surface area contributed by atoms with Gasteiger partial charge in [-0.05, 0) is 50.0 Å². The van der Waals surface area contributed by atoms with Crippen LogP contribution in [0, 0.1) is 0 Å². The third-order valence-corrected chi connectivity index (χ3v) is 5.82. The SMILES string of the molecule is CN(C)Cc1cccc(NS(=O)(=O)c2ccc(-c3ncc(Cl)cc3Cl)cc2)c1. The molecule has 0 bridgehead atoms. The highest BCUT2D eigenvalue weighted by Gasteiger charge is 2.15. The van der Waals surface area contributed by atoms with E-state index in [-0.39, 0.29) is 4.90 Å². The summed E-state index contributed by atoms with van der Waals surface area (Å²) in [6.45, 7) is 0.721. The van der Waals surface area contributed by atoms with Crippen LogP contribution >= 0.6 is 23.2 Å². The smallest absolute Gasteiger partial charge is 0.261 e. The zero-order valence-electron chi connectivity index (χ0n) is 15.4. The Labute approximate surface area is 175 Å². The Morgan fingerprint density at radius 2 is 1.75 bits per heavy atom. The number of aromatic nitrogens is 1. The molecular formula is C20H19Cl2N3O2S. The molecule has 0 saturated carbocycles. The normalized spacial score (nSPS) is 11.6. The molecule has 5 nitrogen and oxygen atoms in total. The zero-order valence-corrected chi connectivity index (χ0v) is 17.7. The van der Waals surface area contributed by atoms with Crippen LogP contribution in [0.2, 0.25) is 10.0 Å². The molecule has 8 heteroatoms. The number of benzene rings is 2. The van der Waals surface area contributed by atoms with E-state index in [1.807, 2.05) is 37.2 Å². The lowest BCUT2D eigenvalue weighted by molar-refractivity contribution is 0.402. The second kappa shape index (κ2) is 8.49. The van der Waals surface area contributed by atoms with Gasteiger partial charge >= 0.3 is 0 Å². The van der Waals surface area contributed by atoms with Crippen LogP contribution in [0.5, 0.6) is 0 Å². The quantitative estimate of drug-likeness (QED) is 0.596. The van der Waals surface area contributed by atoms with Gasteiger partial charge in [-0.15, -0.1) is 0 Å². The predicted molar refractivity (Wildman–Crippen MR) is 114 cm³/mol. The van der Waals surface area contributed by atoms with Crippen molar-refractivity contribution in [2.45, 2.75) is 11.4 Å². The minimum Gasteiger partial charge on any atom is -0.305 e. The lowest BCUT2D eigenvalue weighted by Crippen LogP contribution is -2.14. The molecule has 1 N–H and O–H groups in total. The Balaban J connectivity index is 1.83. The van der Waals surface area contributed by atoms with Crippen molar-refractivity contribution >= 4 is 38.9 Å². The van der Waals surface area contributed by atoms with Crippen LogP contribution in [-0.4, -0.2) is 32.4 Å². The average Bonchev–Trinajstić information content (AvgIpc) is 2.61. The van der Waals surface area contributed by atoms with E-state index in [9.17, 15) is 8.42 Å². The molecule has 2 aromatic carbocycles. The number of anilines is 1. The first-order valence-electron chi connectivity index (χ1n) is 8.42. The van der Waals surface area contributed by atoms with Crippen molar-refractivity contribution in [3.63, 3.8) is 0 Å². The van der Waals surface area contributed by atoms with Gasteiger partial charge in [0.25, 0.3) is 10.0 Å². The fourth-order valence-corrected chi connectivity index (χ4v) is 4.27. The fraction of sp³-hybridized carbons (Fsp3) is 0.150. The van der Waals surface area contributed by atoms with Gasteiger partial charge < -0.3 is 4.90 Å². The van der Waals surface area contributed by atoms with Gasteiger partial charge in [0.15, 0.2) is 0 Å². The maximum Gasteiger partial charge on any atom is 0.261 e. The lowest BCUT2D eigenvalue weighted by atomic mass is 10.1. The van der Waals surface area contributed by atoms with Gasteiger partial charge in [0.1, 0.15) is 0 Å². The summed E-state index contributed by atoms with van der Waals surface area (Å²) >= 11 is 12.0. The molecule has 0 atom stereocenters. The standard InChI is InChI=1S/C20H19Cl2N3O2S/c1-25(2)13-14-4-3-5-17(10-14)24-28(26,27)18-8-6-15(7-9-18)20-19(22)11-16(21)12-23-20/h3-12,24H,13H2,1-2H3. The summed E-state index contributed by atoms with van der Waals surface area (Å²) in [5.74, 6) is 0. The van der Waals surface area contributed by atoms with E-state index in [4.69, 9.17) is 23.2 Å². The molecule has 0 aliphatic rings. The van der Waals surface area contributed by atoms with Crippen molar-refractivity contribution in [2.24, 2.45) is 0 Å². The Bertz CT molecular complexity index is 1080. The third-order valence-electron chi connectivity index (χ3n) is 3.92. The Hall–Kier alpha value is -2.12. The molecule has 1 aromatic heterocycles. The van der Waals surface area contributed by atoms with E-state index in [0.29, 0.717) is 27.0 Å². The molecule has 0 unspecified atom stereocenters. The average molecular weight is 436 g/mol. The first-order chi connectivity index (χ1) is 13.2. The van der Waals surface area contributed by atoms with Crippen LogP contribution in [0.3, 0.4) is 0 Å². The van der Waals surface area contributed by atoms with Crippen LogP contribution in [0.15, 0.2) is 65.7 Å². The summed E-state index contributed by atoms with van der Waals surface area (Å²) in [5.41, 5.74) is 2.78. The van der Waals surface area contributed by atoms with Crippen LogP contribution in [-0.2, 0) is 16.6 Å². The molecule has 0 aliphatic carbocycles. The van der Waals surface area contributed by atoms with Crippen molar-refractivity contribution in [1.82, 2.24) is 9.88 Å². The maximum absolute atomic E-state index is 12.7. The monoisotopic (exact) mass is 435 g/mol. The largest absolute Gasteiger partial charge is 0.305 e. The number of nitrogens with zero attached hydrogens (tertiary/aromatic N) is 2. The Kier molecular flexibility index (Phi) is 6.25. The lowest BCUT2D eigenvalue weighted by Gasteiger charge is -2.13. The molecule has 0 aliphatic heterocycles. The molecule has 0 spiro atoms. The van der Waals surface area contributed by atoms with Crippen molar-refractivity contribution in [2.75, 3.05) is 18.8 Å². The Morgan fingerprint density at radius 1 is 1.04 bits per heavy atom. The van der Waals surface area contributed by atoms with E-state index in [1.165, 1.54) is 18.3 Å². The fourth-order valence-electron chi connectivity index (χ4n) is 2.73. The highest BCUT2D eigenvalue weighted by atomic mass is 35.5. The summed E-state index contributed by atoms with van der Waals surface area (Å²) in [6, 6.07) is 15.3. The minimum atomic E-state index is -3.71. The van der Waals surface area contributed by atoms with Gasteiger partial charge in [-0.2, -0.15) is 0 Å².